The summed E-state index contributed by atoms with van der Waals surface area (Å²) in [6.07, 6.45) is 4.08. The third-order valence-corrected chi connectivity index (χ3v) is 4.07. The quantitative estimate of drug-likeness (QED) is 0.549. The lowest BCUT2D eigenvalue weighted by atomic mass is 9.93. The van der Waals surface area contributed by atoms with Crippen LogP contribution in [-0.2, 0) is 6.42 Å². The van der Waals surface area contributed by atoms with Crippen LogP contribution in [-0.4, -0.2) is 0 Å². The molecule has 0 saturated heterocycles. The van der Waals surface area contributed by atoms with E-state index >= 15 is 0 Å². The number of fused-ring (bicyclic) bond motifs is 2. The van der Waals surface area contributed by atoms with Gasteiger partial charge in [0, 0.05) is 0 Å². The number of hydrogen-bond donors (Lipinski definition) is 0. The van der Waals surface area contributed by atoms with Crippen LogP contribution in [0.3, 0.4) is 0 Å². The van der Waals surface area contributed by atoms with Crippen LogP contribution in [0, 0.1) is 5.92 Å². The topological polar surface area (TPSA) is 0 Å². The first-order chi connectivity index (χ1) is 8.92. The molecule has 0 bridgehead atoms. The summed E-state index contributed by atoms with van der Waals surface area (Å²) in [4.78, 5) is 0. The normalized spacial score (nSPS) is 15.3. The largest absolute Gasteiger partial charge is 0.0616 e. The molecule has 0 atom stereocenters. The van der Waals surface area contributed by atoms with E-state index in [2.05, 4.69) is 54.6 Å². The fourth-order valence-electron chi connectivity index (χ4n) is 2.94. The van der Waals surface area contributed by atoms with Gasteiger partial charge < -0.3 is 0 Å². The molecule has 1 fully saturated rings. The van der Waals surface area contributed by atoms with Gasteiger partial charge in [0.25, 0.3) is 0 Å². The first kappa shape index (κ1) is 10.1. The van der Waals surface area contributed by atoms with Gasteiger partial charge in [0.2, 0.25) is 0 Å². The van der Waals surface area contributed by atoms with Crippen LogP contribution >= 0.6 is 0 Å². The second kappa shape index (κ2) is 3.84. The first-order valence-electron chi connectivity index (χ1n) is 6.81. The Hall–Kier alpha value is -1.82. The van der Waals surface area contributed by atoms with Gasteiger partial charge in [0.15, 0.2) is 0 Å². The Labute approximate surface area is 107 Å². The summed E-state index contributed by atoms with van der Waals surface area (Å²) < 4.78 is 0. The molecular weight excluding hydrogens is 216 g/mol. The van der Waals surface area contributed by atoms with Gasteiger partial charge in [-0.2, -0.15) is 0 Å². The molecule has 3 aromatic carbocycles. The van der Waals surface area contributed by atoms with Crippen molar-refractivity contribution in [1.82, 2.24) is 0 Å². The van der Waals surface area contributed by atoms with Gasteiger partial charge in [0.1, 0.15) is 0 Å². The smallest absolute Gasteiger partial charge is 0.0145 e. The predicted octanol–water partition coefficient (Wildman–Crippen LogP) is 4.95. The minimum absolute atomic E-state index is 0.930. The Balaban J connectivity index is 2.09. The fraction of sp³-hybridized carbons (Fsp3) is 0.222. The maximum absolute atomic E-state index is 2.32. The lowest BCUT2D eigenvalue weighted by molar-refractivity contribution is 0.844. The summed E-state index contributed by atoms with van der Waals surface area (Å²) in [5.41, 5.74) is 1.56. The Kier molecular flexibility index (Phi) is 2.16. The molecular formula is C18H16. The Morgan fingerprint density at radius 3 is 1.89 bits per heavy atom. The summed E-state index contributed by atoms with van der Waals surface area (Å²) in [7, 11) is 0. The van der Waals surface area contributed by atoms with Crippen molar-refractivity contribution in [1.29, 1.82) is 0 Å². The number of rotatable bonds is 2. The molecule has 1 aliphatic rings. The van der Waals surface area contributed by atoms with Crippen LogP contribution in [0.4, 0.5) is 0 Å². The van der Waals surface area contributed by atoms with E-state index in [0.717, 1.165) is 5.92 Å². The average molecular weight is 232 g/mol. The minimum atomic E-state index is 0.930. The van der Waals surface area contributed by atoms with E-state index in [4.69, 9.17) is 0 Å². The van der Waals surface area contributed by atoms with E-state index < -0.39 is 0 Å². The summed E-state index contributed by atoms with van der Waals surface area (Å²) in [5.74, 6) is 0.930. The highest BCUT2D eigenvalue weighted by atomic mass is 14.3. The Bertz CT molecular complexity index is 666. The van der Waals surface area contributed by atoms with Gasteiger partial charge in [-0.15, -0.1) is 0 Å². The number of benzene rings is 3. The van der Waals surface area contributed by atoms with E-state index in [1.165, 1.54) is 40.8 Å². The molecule has 88 valence electrons. The maximum atomic E-state index is 2.32. The summed E-state index contributed by atoms with van der Waals surface area (Å²) in [5, 5.41) is 5.66. The van der Waals surface area contributed by atoms with Crippen LogP contribution in [0.1, 0.15) is 18.4 Å². The Morgan fingerprint density at radius 2 is 1.33 bits per heavy atom. The van der Waals surface area contributed by atoms with Gasteiger partial charge in [-0.1, -0.05) is 48.5 Å². The van der Waals surface area contributed by atoms with Crippen molar-refractivity contribution in [2.24, 2.45) is 5.92 Å². The molecule has 18 heavy (non-hydrogen) atoms. The molecule has 0 aliphatic heterocycles. The maximum Gasteiger partial charge on any atom is -0.0145 e. The lowest BCUT2D eigenvalue weighted by Gasteiger charge is -2.11. The molecule has 0 radical (unpaired) electrons. The van der Waals surface area contributed by atoms with Crippen LogP contribution in [0.25, 0.3) is 21.5 Å². The molecule has 1 saturated carbocycles. The van der Waals surface area contributed by atoms with Gasteiger partial charge in [-0.3, -0.25) is 0 Å². The van der Waals surface area contributed by atoms with Crippen molar-refractivity contribution in [2.45, 2.75) is 19.3 Å². The van der Waals surface area contributed by atoms with Crippen LogP contribution < -0.4 is 0 Å². The zero-order valence-electron chi connectivity index (χ0n) is 10.4. The van der Waals surface area contributed by atoms with Gasteiger partial charge >= 0.3 is 0 Å². The predicted molar refractivity (Wildman–Crippen MR) is 77.9 cm³/mol. The van der Waals surface area contributed by atoms with Crippen molar-refractivity contribution >= 4 is 21.5 Å². The fourth-order valence-corrected chi connectivity index (χ4v) is 2.94. The van der Waals surface area contributed by atoms with Crippen LogP contribution in [0.15, 0.2) is 54.6 Å². The van der Waals surface area contributed by atoms with Crippen molar-refractivity contribution in [3.8, 4) is 0 Å². The van der Waals surface area contributed by atoms with E-state index in [1.807, 2.05) is 0 Å². The molecule has 0 amide bonds. The first-order valence-corrected chi connectivity index (χ1v) is 6.81. The lowest BCUT2D eigenvalue weighted by Crippen LogP contribution is -1.91. The van der Waals surface area contributed by atoms with Crippen molar-refractivity contribution in [3.63, 3.8) is 0 Å². The highest BCUT2D eigenvalue weighted by Gasteiger charge is 2.23. The zero-order valence-corrected chi connectivity index (χ0v) is 10.4. The van der Waals surface area contributed by atoms with E-state index in [0.29, 0.717) is 0 Å². The van der Waals surface area contributed by atoms with E-state index in [1.54, 1.807) is 5.56 Å². The molecule has 0 heterocycles. The van der Waals surface area contributed by atoms with Crippen molar-refractivity contribution in [3.05, 3.63) is 60.2 Å². The van der Waals surface area contributed by atoms with Gasteiger partial charge in [-0.05, 0) is 58.4 Å². The Morgan fingerprint density at radius 1 is 0.778 bits per heavy atom. The van der Waals surface area contributed by atoms with E-state index in [-0.39, 0.29) is 0 Å². The standard InChI is InChI=1S/C18H16/c1-3-7-16-14(5-1)12-15-6-2-4-8-17(15)18(16)11-13-9-10-13/h1-8,12-13H,9-11H2. The second-order valence-electron chi connectivity index (χ2n) is 5.44. The minimum Gasteiger partial charge on any atom is -0.0616 e. The molecule has 3 aromatic rings. The molecule has 0 spiro atoms. The highest BCUT2D eigenvalue weighted by molar-refractivity contribution is 6.02. The van der Waals surface area contributed by atoms with E-state index in [9.17, 15) is 0 Å². The molecule has 0 N–H and O–H groups in total. The second-order valence-corrected chi connectivity index (χ2v) is 5.44. The third kappa shape index (κ3) is 1.60. The summed E-state index contributed by atoms with van der Waals surface area (Å²) in [6, 6.07) is 19.9. The molecule has 0 nitrogen and oxygen atoms in total. The van der Waals surface area contributed by atoms with Gasteiger partial charge in [0.05, 0.1) is 0 Å². The molecule has 4 rings (SSSR count). The third-order valence-electron chi connectivity index (χ3n) is 4.07. The van der Waals surface area contributed by atoms with Crippen molar-refractivity contribution < 1.29 is 0 Å². The highest BCUT2D eigenvalue weighted by Crippen LogP contribution is 2.37. The summed E-state index contributed by atoms with van der Waals surface area (Å²) in [6.45, 7) is 0. The van der Waals surface area contributed by atoms with Crippen LogP contribution in [0.2, 0.25) is 0 Å². The number of hydrogen-bond acceptors (Lipinski definition) is 0. The zero-order chi connectivity index (χ0) is 11.9. The van der Waals surface area contributed by atoms with Crippen molar-refractivity contribution in [2.75, 3.05) is 0 Å². The summed E-state index contributed by atoms with van der Waals surface area (Å²) >= 11 is 0. The molecule has 0 heteroatoms. The molecule has 0 unspecified atom stereocenters. The molecule has 1 aliphatic carbocycles. The monoisotopic (exact) mass is 232 g/mol. The van der Waals surface area contributed by atoms with Crippen LogP contribution in [0.5, 0.6) is 0 Å². The SMILES string of the molecule is c1ccc2c(CC3CC3)c3ccccc3cc2c1. The average Bonchev–Trinajstić information content (AvgIpc) is 3.22. The molecule has 0 aromatic heterocycles. The van der Waals surface area contributed by atoms with Gasteiger partial charge in [-0.25, -0.2) is 0 Å².